The number of para-hydroxylation sites is 1. The maximum atomic E-state index is 12.5. The van der Waals surface area contributed by atoms with Gasteiger partial charge in [0.25, 0.3) is 0 Å². The van der Waals surface area contributed by atoms with Crippen molar-refractivity contribution in [3.63, 3.8) is 0 Å². The summed E-state index contributed by atoms with van der Waals surface area (Å²) >= 11 is 2.85. The molecule has 0 saturated carbocycles. The monoisotopic (exact) mass is 334 g/mol. The highest BCUT2D eigenvalue weighted by Gasteiger charge is 2.21. The van der Waals surface area contributed by atoms with Gasteiger partial charge < -0.3 is 10.2 Å². The molecular formula is C15H18N4OS2. The Kier molecular flexibility index (Phi) is 5.97. The number of rotatable bonds is 7. The molecule has 22 heavy (non-hydrogen) atoms. The smallest absolute Gasteiger partial charge is 0.240 e. The normalized spacial score (nSPS) is 11.7. The van der Waals surface area contributed by atoms with Crippen LogP contribution in [0.1, 0.15) is 6.92 Å². The number of hydrogen-bond donors (Lipinski definition) is 1. The highest BCUT2D eigenvalue weighted by molar-refractivity contribution is 8.02. The van der Waals surface area contributed by atoms with Crippen molar-refractivity contribution in [2.24, 2.45) is 0 Å². The standard InChI is InChI=1S/C15H18N4OS2/c1-4-10-16-14-17-18-15(22-14)21-11(2)13(20)19(3)12-8-6-5-7-9-12/h4-9,11H,1,10H2,2-3H3,(H,16,17). The molecule has 0 spiro atoms. The van der Waals surface area contributed by atoms with Gasteiger partial charge in [-0.1, -0.05) is 47.4 Å². The van der Waals surface area contributed by atoms with Crippen LogP contribution < -0.4 is 10.2 Å². The number of aromatic nitrogens is 2. The van der Waals surface area contributed by atoms with Crippen LogP contribution in [-0.2, 0) is 4.79 Å². The Hall–Kier alpha value is -1.86. The molecule has 1 N–H and O–H groups in total. The van der Waals surface area contributed by atoms with Crippen molar-refractivity contribution in [1.29, 1.82) is 0 Å². The molecule has 1 atom stereocenters. The maximum Gasteiger partial charge on any atom is 0.240 e. The second kappa shape index (κ2) is 7.95. The van der Waals surface area contributed by atoms with Gasteiger partial charge in [0.2, 0.25) is 11.0 Å². The molecule has 0 aliphatic carbocycles. The predicted molar refractivity (Wildman–Crippen MR) is 93.8 cm³/mol. The highest BCUT2D eigenvalue weighted by Crippen LogP contribution is 2.30. The first-order chi connectivity index (χ1) is 10.6. The van der Waals surface area contributed by atoms with Crippen molar-refractivity contribution in [1.82, 2.24) is 10.2 Å². The quantitative estimate of drug-likeness (QED) is 0.622. The van der Waals surface area contributed by atoms with Gasteiger partial charge in [-0.15, -0.1) is 16.8 Å². The number of amides is 1. The van der Waals surface area contributed by atoms with Crippen LogP contribution in [0.5, 0.6) is 0 Å². The molecule has 1 heterocycles. The zero-order chi connectivity index (χ0) is 15.9. The average Bonchev–Trinajstić information content (AvgIpc) is 2.99. The summed E-state index contributed by atoms with van der Waals surface area (Å²) in [6.45, 7) is 6.16. The van der Waals surface area contributed by atoms with Crippen LogP contribution in [-0.4, -0.2) is 34.9 Å². The van der Waals surface area contributed by atoms with E-state index < -0.39 is 0 Å². The molecule has 2 aromatic rings. The van der Waals surface area contributed by atoms with Crippen LogP contribution in [0.15, 0.2) is 47.3 Å². The van der Waals surface area contributed by atoms with Crippen LogP contribution in [0.3, 0.4) is 0 Å². The van der Waals surface area contributed by atoms with Crippen LogP contribution in [0.2, 0.25) is 0 Å². The molecule has 0 saturated heterocycles. The van der Waals surface area contributed by atoms with Gasteiger partial charge in [0.1, 0.15) is 0 Å². The third-order valence-electron chi connectivity index (χ3n) is 2.90. The summed E-state index contributed by atoms with van der Waals surface area (Å²) in [7, 11) is 1.78. The van der Waals surface area contributed by atoms with Crippen molar-refractivity contribution in [3.8, 4) is 0 Å². The SMILES string of the molecule is C=CCNc1nnc(SC(C)C(=O)N(C)c2ccccc2)s1. The van der Waals surface area contributed by atoms with Gasteiger partial charge in [0.05, 0.1) is 5.25 Å². The van der Waals surface area contributed by atoms with Crippen LogP contribution in [0.25, 0.3) is 0 Å². The third kappa shape index (κ3) is 4.32. The van der Waals surface area contributed by atoms with Crippen molar-refractivity contribution < 1.29 is 4.79 Å². The van der Waals surface area contributed by atoms with Crippen LogP contribution in [0, 0.1) is 0 Å². The van der Waals surface area contributed by atoms with Crippen LogP contribution >= 0.6 is 23.1 Å². The number of thioether (sulfide) groups is 1. The predicted octanol–water partition coefficient (Wildman–Crippen LogP) is 3.28. The van der Waals surface area contributed by atoms with Gasteiger partial charge in [-0.25, -0.2) is 0 Å². The molecule has 116 valence electrons. The summed E-state index contributed by atoms with van der Waals surface area (Å²) in [5.74, 6) is 0.0343. The van der Waals surface area contributed by atoms with E-state index in [2.05, 4.69) is 22.1 Å². The Bertz CT molecular complexity index is 629. The first-order valence-corrected chi connectivity index (χ1v) is 8.49. The minimum Gasteiger partial charge on any atom is -0.357 e. The molecule has 1 aromatic heterocycles. The molecule has 1 aromatic carbocycles. The van der Waals surface area contributed by atoms with Crippen molar-refractivity contribution >= 4 is 39.8 Å². The second-order valence-corrected chi connectivity index (χ2v) is 7.10. The lowest BCUT2D eigenvalue weighted by Gasteiger charge is -2.20. The molecule has 0 radical (unpaired) electrons. The van der Waals surface area contributed by atoms with E-state index in [1.165, 1.54) is 23.1 Å². The lowest BCUT2D eigenvalue weighted by atomic mass is 10.3. The summed E-state index contributed by atoms with van der Waals surface area (Å²) in [4.78, 5) is 14.1. The number of carbonyl (C=O) groups excluding carboxylic acids is 1. The van der Waals surface area contributed by atoms with E-state index in [-0.39, 0.29) is 11.2 Å². The molecule has 7 heteroatoms. The zero-order valence-electron chi connectivity index (χ0n) is 12.5. The lowest BCUT2D eigenvalue weighted by molar-refractivity contribution is -0.117. The third-order valence-corrected chi connectivity index (χ3v) is 4.96. The second-order valence-electron chi connectivity index (χ2n) is 4.54. The summed E-state index contributed by atoms with van der Waals surface area (Å²) in [5.41, 5.74) is 0.880. The number of benzene rings is 1. The van der Waals surface area contributed by atoms with E-state index in [1.807, 2.05) is 37.3 Å². The number of anilines is 2. The fourth-order valence-corrected chi connectivity index (χ4v) is 3.74. The van der Waals surface area contributed by atoms with Crippen molar-refractivity contribution in [2.75, 3.05) is 23.8 Å². The highest BCUT2D eigenvalue weighted by atomic mass is 32.2. The largest absolute Gasteiger partial charge is 0.357 e. The fraction of sp³-hybridized carbons (Fsp3) is 0.267. The maximum absolute atomic E-state index is 12.5. The van der Waals surface area contributed by atoms with E-state index in [1.54, 1.807) is 18.0 Å². The zero-order valence-corrected chi connectivity index (χ0v) is 14.2. The summed E-state index contributed by atoms with van der Waals surface area (Å²) in [6.07, 6.45) is 1.76. The van der Waals surface area contributed by atoms with Crippen LogP contribution in [0.4, 0.5) is 10.8 Å². The minimum absolute atomic E-state index is 0.0343. The molecule has 2 rings (SSSR count). The van der Waals surface area contributed by atoms with E-state index >= 15 is 0 Å². The molecule has 0 fully saturated rings. The summed E-state index contributed by atoms with van der Waals surface area (Å²) in [5, 5.41) is 11.7. The molecule has 0 aliphatic rings. The molecular weight excluding hydrogens is 316 g/mol. The Balaban J connectivity index is 1.96. The summed E-state index contributed by atoms with van der Waals surface area (Å²) < 4.78 is 0.772. The van der Waals surface area contributed by atoms with Crippen molar-refractivity contribution in [3.05, 3.63) is 43.0 Å². The van der Waals surface area contributed by atoms with E-state index in [4.69, 9.17) is 0 Å². The number of carbonyl (C=O) groups is 1. The molecule has 1 amide bonds. The fourth-order valence-electron chi connectivity index (χ4n) is 1.74. The van der Waals surface area contributed by atoms with Gasteiger partial charge in [0.15, 0.2) is 4.34 Å². The number of nitrogens with one attached hydrogen (secondary N) is 1. The van der Waals surface area contributed by atoms with Crippen molar-refractivity contribution in [2.45, 2.75) is 16.5 Å². The number of nitrogens with zero attached hydrogens (tertiary/aromatic N) is 3. The first-order valence-electron chi connectivity index (χ1n) is 6.79. The van der Waals surface area contributed by atoms with Gasteiger partial charge >= 0.3 is 0 Å². The molecule has 0 bridgehead atoms. The van der Waals surface area contributed by atoms with Gasteiger partial charge in [-0.05, 0) is 19.1 Å². The Morgan fingerprint density at radius 2 is 2.18 bits per heavy atom. The topological polar surface area (TPSA) is 58.1 Å². The summed E-state index contributed by atoms with van der Waals surface area (Å²) in [6, 6.07) is 9.59. The Morgan fingerprint density at radius 1 is 1.45 bits per heavy atom. The van der Waals surface area contributed by atoms with E-state index in [0.717, 1.165) is 15.2 Å². The lowest BCUT2D eigenvalue weighted by Crippen LogP contribution is -2.33. The minimum atomic E-state index is -0.231. The average molecular weight is 334 g/mol. The Labute approximate surface area is 138 Å². The molecule has 5 nitrogen and oxygen atoms in total. The molecule has 0 aliphatic heterocycles. The Morgan fingerprint density at radius 3 is 2.86 bits per heavy atom. The number of hydrogen-bond acceptors (Lipinski definition) is 6. The molecule has 1 unspecified atom stereocenters. The van der Waals surface area contributed by atoms with Gasteiger partial charge in [-0.3, -0.25) is 4.79 Å². The van der Waals surface area contributed by atoms with Gasteiger partial charge in [0, 0.05) is 19.3 Å². The first kappa shape index (κ1) is 16.5. The van der Waals surface area contributed by atoms with E-state index in [0.29, 0.717) is 6.54 Å². The van der Waals surface area contributed by atoms with E-state index in [9.17, 15) is 4.79 Å². The van der Waals surface area contributed by atoms with Gasteiger partial charge in [-0.2, -0.15) is 0 Å².